The molecule has 7 nitrogen and oxygen atoms in total. The first kappa shape index (κ1) is 17.1. The van der Waals surface area contributed by atoms with Gasteiger partial charge in [-0.15, -0.1) is 0 Å². The van der Waals surface area contributed by atoms with Gasteiger partial charge in [0.2, 0.25) is 5.91 Å². The van der Waals surface area contributed by atoms with E-state index in [1.807, 2.05) is 30.8 Å². The monoisotopic (exact) mass is 333 g/mol. The van der Waals surface area contributed by atoms with Crippen molar-refractivity contribution < 1.29 is 9.90 Å². The number of nitrogens with zero attached hydrogens (tertiary/aromatic N) is 5. The van der Waals surface area contributed by atoms with Gasteiger partial charge in [-0.1, -0.05) is 6.92 Å². The van der Waals surface area contributed by atoms with E-state index in [1.165, 1.54) is 0 Å². The zero-order chi connectivity index (χ0) is 17.4. The quantitative estimate of drug-likeness (QED) is 0.874. The average Bonchev–Trinajstić information content (AvgIpc) is 2.88. The van der Waals surface area contributed by atoms with Crippen LogP contribution in [-0.4, -0.2) is 77.1 Å². The van der Waals surface area contributed by atoms with Crippen LogP contribution in [0.1, 0.15) is 43.5 Å². The maximum absolute atomic E-state index is 12.5. The molecule has 0 aromatic carbocycles. The highest BCUT2D eigenvalue weighted by molar-refractivity contribution is 5.81. The molecule has 1 N–H and O–H groups in total. The number of aliphatic hydroxyl groups excluding tert-OH is 1. The van der Waals surface area contributed by atoms with Gasteiger partial charge in [-0.25, -0.2) is 9.97 Å². The number of amides is 1. The van der Waals surface area contributed by atoms with Gasteiger partial charge < -0.3 is 14.9 Å². The molecule has 24 heavy (non-hydrogen) atoms. The van der Waals surface area contributed by atoms with Crippen LogP contribution < -0.4 is 4.90 Å². The number of anilines is 1. The van der Waals surface area contributed by atoms with Crippen molar-refractivity contribution in [2.24, 2.45) is 0 Å². The van der Waals surface area contributed by atoms with Gasteiger partial charge in [-0.05, 0) is 33.4 Å². The lowest BCUT2D eigenvalue weighted by Gasteiger charge is -2.38. The number of hydrogen-bond acceptors (Lipinski definition) is 6. The summed E-state index contributed by atoms with van der Waals surface area (Å²) in [6.45, 7) is 6.98. The van der Waals surface area contributed by atoms with Crippen molar-refractivity contribution in [3.8, 4) is 0 Å². The van der Waals surface area contributed by atoms with E-state index >= 15 is 0 Å². The zero-order valence-electron chi connectivity index (χ0n) is 14.9. The van der Waals surface area contributed by atoms with E-state index in [1.54, 1.807) is 6.33 Å². The van der Waals surface area contributed by atoms with E-state index in [9.17, 15) is 9.90 Å². The summed E-state index contributed by atoms with van der Waals surface area (Å²) in [5.74, 6) is 1.37. The zero-order valence-corrected chi connectivity index (χ0v) is 14.9. The average molecular weight is 333 g/mol. The van der Waals surface area contributed by atoms with Crippen molar-refractivity contribution in [3.63, 3.8) is 0 Å². The molecule has 0 radical (unpaired) electrons. The Labute approximate surface area is 143 Å². The molecule has 1 saturated heterocycles. The van der Waals surface area contributed by atoms with Gasteiger partial charge >= 0.3 is 0 Å². The number of hydrogen-bond donors (Lipinski definition) is 1. The molecule has 1 aromatic rings. The SMILES string of the molecule is CC(C(=O)N1CCN(c2ncnc3c2[C@H](C)C[C@H]3O)CC1)N(C)C. The van der Waals surface area contributed by atoms with Crippen molar-refractivity contribution in [2.75, 3.05) is 45.2 Å². The summed E-state index contributed by atoms with van der Waals surface area (Å²) < 4.78 is 0. The first-order chi connectivity index (χ1) is 11.4. The van der Waals surface area contributed by atoms with Crippen molar-refractivity contribution in [1.29, 1.82) is 0 Å². The number of piperazine rings is 1. The summed E-state index contributed by atoms with van der Waals surface area (Å²) in [4.78, 5) is 27.3. The van der Waals surface area contributed by atoms with E-state index in [-0.39, 0.29) is 17.9 Å². The van der Waals surface area contributed by atoms with Crippen molar-refractivity contribution in [3.05, 3.63) is 17.6 Å². The second-order valence-electron chi connectivity index (χ2n) is 7.10. The first-order valence-electron chi connectivity index (χ1n) is 8.63. The lowest BCUT2D eigenvalue weighted by Crippen LogP contribution is -2.53. The molecule has 0 spiro atoms. The Bertz CT molecular complexity index is 613. The van der Waals surface area contributed by atoms with Gasteiger partial charge in [-0.2, -0.15) is 0 Å². The Morgan fingerprint density at radius 1 is 1.29 bits per heavy atom. The van der Waals surface area contributed by atoms with E-state index in [0.29, 0.717) is 19.5 Å². The normalized spacial score (nSPS) is 25.1. The highest BCUT2D eigenvalue weighted by atomic mass is 16.3. The molecule has 2 aliphatic rings. The standard InChI is InChI=1S/C17H27N5O2/c1-11-9-13(23)15-14(11)16(19-10-18-15)21-5-7-22(8-6-21)17(24)12(2)20(3)4/h10-13,23H,5-9H2,1-4H3/t11-,12?,13-/m1/s1. The van der Waals surface area contributed by atoms with E-state index in [4.69, 9.17) is 0 Å². The fourth-order valence-corrected chi connectivity index (χ4v) is 3.58. The summed E-state index contributed by atoms with van der Waals surface area (Å²) in [5.41, 5.74) is 1.85. The summed E-state index contributed by atoms with van der Waals surface area (Å²) in [6.07, 6.45) is 1.77. The minimum atomic E-state index is -0.486. The van der Waals surface area contributed by atoms with Crippen molar-refractivity contribution >= 4 is 11.7 Å². The van der Waals surface area contributed by atoms with Gasteiger partial charge in [0.1, 0.15) is 12.1 Å². The third-order valence-corrected chi connectivity index (χ3v) is 5.30. The second kappa shape index (κ2) is 6.64. The van der Waals surface area contributed by atoms with Crippen LogP contribution in [-0.2, 0) is 4.79 Å². The second-order valence-corrected chi connectivity index (χ2v) is 7.10. The molecule has 1 aromatic heterocycles. The van der Waals surface area contributed by atoms with Gasteiger partial charge in [0.05, 0.1) is 17.8 Å². The molecule has 1 fully saturated rings. The van der Waals surface area contributed by atoms with Crippen LogP contribution in [0.4, 0.5) is 5.82 Å². The minimum Gasteiger partial charge on any atom is -0.387 e. The summed E-state index contributed by atoms with van der Waals surface area (Å²) in [7, 11) is 3.85. The molecule has 2 heterocycles. The summed E-state index contributed by atoms with van der Waals surface area (Å²) in [5, 5.41) is 10.1. The van der Waals surface area contributed by atoms with Crippen molar-refractivity contribution in [2.45, 2.75) is 38.3 Å². The number of carbonyl (C=O) groups is 1. The number of rotatable bonds is 3. The molecule has 1 amide bonds. The molecule has 3 rings (SSSR count). The smallest absolute Gasteiger partial charge is 0.239 e. The molecule has 132 valence electrons. The number of fused-ring (bicyclic) bond motifs is 1. The number of likely N-dealkylation sites (N-methyl/N-ethyl adjacent to an activating group) is 1. The molecule has 7 heteroatoms. The molecular weight excluding hydrogens is 306 g/mol. The Morgan fingerprint density at radius 3 is 2.58 bits per heavy atom. The lowest BCUT2D eigenvalue weighted by molar-refractivity contribution is -0.135. The molecule has 3 atom stereocenters. The van der Waals surface area contributed by atoms with Gasteiger partial charge in [-0.3, -0.25) is 9.69 Å². The largest absolute Gasteiger partial charge is 0.387 e. The maximum atomic E-state index is 12.5. The molecule has 1 aliphatic heterocycles. The van der Waals surface area contributed by atoms with E-state index in [0.717, 1.165) is 30.2 Å². The van der Waals surface area contributed by atoms with Crippen molar-refractivity contribution in [1.82, 2.24) is 19.8 Å². The van der Waals surface area contributed by atoms with E-state index in [2.05, 4.69) is 21.8 Å². The fraction of sp³-hybridized carbons (Fsp3) is 0.706. The number of aliphatic hydroxyl groups is 1. The third kappa shape index (κ3) is 2.98. The first-order valence-corrected chi connectivity index (χ1v) is 8.63. The predicted octanol–water partition coefficient (Wildman–Crippen LogP) is 0.616. The lowest BCUT2D eigenvalue weighted by atomic mass is 10.1. The predicted molar refractivity (Wildman–Crippen MR) is 92.0 cm³/mol. The van der Waals surface area contributed by atoms with Gasteiger partial charge in [0.25, 0.3) is 0 Å². The molecular formula is C17H27N5O2. The Morgan fingerprint density at radius 2 is 1.96 bits per heavy atom. The van der Waals surface area contributed by atoms with Crippen LogP contribution >= 0.6 is 0 Å². The van der Waals surface area contributed by atoms with Crippen LogP contribution in [0.15, 0.2) is 6.33 Å². The topological polar surface area (TPSA) is 72.8 Å². The van der Waals surface area contributed by atoms with Crippen LogP contribution in [0.25, 0.3) is 0 Å². The van der Waals surface area contributed by atoms with Crippen LogP contribution in [0.3, 0.4) is 0 Å². The Hall–Kier alpha value is -1.73. The van der Waals surface area contributed by atoms with Gasteiger partial charge in [0.15, 0.2) is 0 Å². The minimum absolute atomic E-state index is 0.102. The number of carbonyl (C=O) groups excluding carboxylic acids is 1. The van der Waals surface area contributed by atoms with Crippen LogP contribution in [0.5, 0.6) is 0 Å². The number of aromatic nitrogens is 2. The molecule has 0 saturated carbocycles. The third-order valence-electron chi connectivity index (χ3n) is 5.30. The van der Waals surface area contributed by atoms with E-state index < -0.39 is 6.10 Å². The van der Waals surface area contributed by atoms with Crippen LogP contribution in [0, 0.1) is 0 Å². The Kier molecular flexibility index (Phi) is 4.73. The highest BCUT2D eigenvalue weighted by Crippen LogP contribution is 2.42. The molecule has 1 unspecified atom stereocenters. The summed E-state index contributed by atoms with van der Waals surface area (Å²) in [6, 6.07) is -0.102. The van der Waals surface area contributed by atoms with Gasteiger partial charge in [0, 0.05) is 31.7 Å². The maximum Gasteiger partial charge on any atom is 0.239 e. The van der Waals surface area contributed by atoms with Crippen LogP contribution in [0.2, 0.25) is 0 Å². The summed E-state index contributed by atoms with van der Waals surface area (Å²) >= 11 is 0. The highest BCUT2D eigenvalue weighted by Gasteiger charge is 2.34. The molecule has 1 aliphatic carbocycles. The Balaban J connectivity index is 1.72. The molecule has 0 bridgehead atoms. The fourth-order valence-electron chi connectivity index (χ4n) is 3.58.